The maximum Gasteiger partial charge on any atom is 0.194 e. The second-order valence-corrected chi connectivity index (χ2v) is 5.89. The summed E-state index contributed by atoms with van der Waals surface area (Å²) in [5.74, 6) is 1.56. The summed E-state index contributed by atoms with van der Waals surface area (Å²) in [6.45, 7) is 0. The fourth-order valence-electron chi connectivity index (χ4n) is 2.62. The van der Waals surface area contributed by atoms with Gasteiger partial charge >= 0.3 is 0 Å². The molecule has 5 nitrogen and oxygen atoms in total. The first-order chi connectivity index (χ1) is 12.3. The highest BCUT2D eigenvalue weighted by Crippen LogP contribution is 2.18. The zero-order chi connectivity index (χ0) is 17.3. The first kappa shape index (κ1) is 17.0. The first-order valence-electron chi connectivity index (χ1n) is 8.63. The van der Waals surface area contributed by atoms with Crippen LogP contribution in [0, 0.1) is 0 Å². The van der Waals surface area contributed by atoms with Crippen LogP contribution in [0.25, 0.3) is 11.5 Å². The zero-order valence-corrected chi connectivity index (χ0v) is 14.1. The molecular weight excluding hydrogens is 314 g/mol. The topological polar surface area (TPSA) is 68.9 Å². The smallest absolute Gasteiger partial charge is 0.194 e. The quantitative estimate of drug-likeness (QED) is 0.425. The van der Waals surface area contributed by atoms with Gasteiger partial charge < -0.3 is 4.42 Å². The second kappa shape index (κ2) is 8.87. The first-order valence-corrected chi connectivity index (χ1v) is 8.63. The number of aryl methyl sites for hydroxylation is 1. The number of unbranched alkanes of at least 4 members (excludes halogenated alkanes) is 3. The molecule has 0 bridgehead atoms. The molecule has 0 amide bonds. The number of pyridine rings is 2. The molecule has 3 aromatic rings. The molecule has 0 N–H and O–H groups in total. The van der Waals surface area contributed by atoms with Crippen LogP contribution in [0.2, 0.25) is 0 Å². The van der Waals surface area contributed by atoms with E-state index in [0.29, 0.717) is 17.9 Å². The molecule has 3 heterocycles. The monoisotopic (exact) mass is 335 g/mol. The van der Waals surface area contributed by atoms with E-state index in [2.05, 4.69) is 15.0 Å². The molecule has 0 spiro atoms. The van der Waals surface area contributed by atoms with Crippen molar-refractivity contribution in [1.29, 1.82) is 0 Å². The van der Waals surface area contributed by atoms with Gasteiger partial charge in [-0.1, -0.05) is 25.0 Å². The molecular formula is C20H21N3O2. The minimum absolute atomic E-state index is 0.119. The van der Waals surface area contributed by atoms with Crippen LogP contribution in [0.5, 0.6) is 0 Å². The van der Waals surface area contributed by atoms with Crippen molar-refractivity contribution in [2.24, 2.45) is 0 Å². The van der Waals surface area contributed by atoms with Crippen LogP contribution >= 0.6 is 0 Å². The van der Waals surface area contributed by atoms with Gasteiger partial charge in [0, 0.05) is 25.2 Å². The van der Waals surface area contributed by atoms with Gasteiger partial charge in [-0.15, -0.1) is 0 Å². The Labute approximate surface area is 147 Å². The average molecular weight is 335 g/mol. The highest BCUT2D eigenvalue weighted by Gasteiger charge is 2.08. The summed E-state index contributed by atoms with van der Waals surface area (Å²) in [6, 6.07) is 11.1. The second-order valence-electron chi connectivity index (χ2n) is 5.89. The van der Waals surface area contributed by atoms with E-state index in [9.17, 15) is 4.79 Å². The van der Waals surface area contributed by atoms with Gasteiger partial charge in [-0.3, -0.25) is 14.8 Å². The van der Waals surface area contributed by atoms with Gasteiger partial charge in [0.05, 0.1) is 6.20 Å². The summed E-state index contributed by atoms with van der Waals surface area (Å²) in [7, 11) is 0. The molecule has 0 unspecified atom stereocenters. The maximum absolute atomic E-state index is 11.9. The molecule has 5 heteroatoms. The standard InChI is InChI=1S/C20H21N3O2/c24-18(16-9-5-7-13-21-16)11-3-1-2-4-12-20-23-15-19(25-20)17-10-6-8-14-22-17/h5-10,13-15H,1-4,11-12H2. The third-order valence-corrected chi connectivity index (χ3v) is 3.97. The fourth-order valence-corrected chi connectivity index (χ4v) is 2.62. The van der Waals surface area contributed by atoms with Gasteiger partial charge in [-0.2, -0.15) is 0 Å². The number of hydrogen-bond donors (Lipinski definition) is 0. The number of ketones is 1. The Hall–Kier alpha value is -2.82. The highest BCUT2D eigenvalue weighted by molar-refractivity contribution is 5.94. The number of hydrogen-bond acceptors (Lipinski definition) is 5. The SMILES string of the molecule is O=C(CCCCCCc1ncc(-c2ccccn2)o1)c1ccccn1. The van der Waals surface area contributed by atoms with Crippen LogP contribution in [0.3, 0.4) is 0 Å². The minimum atomic E-state index is 0.119. The molecule has 25 heavy (non-hydrogen) atoms. The van der Waals surface area contributed by atoms with Gasteiger partial charge in [0.2, 0.25) is 0 Å². The summed E-state index contributed by atoms with van der Waals surface area (Å²) in [6.07, 6.45) is 10.4. The van der Waals surface area contributed by atoms with E-state index in [1.54, 1.807) is 24.7 Å². The molecule has 0 saturated heterocycles. The molecule has 0 fully saturated rings. The molecule has 3 rings (SSSR count). The summed E-state index contributed by atoms with van der Waals surface area (Å²) >= 11 is 0. The minimum Gasteiger partial charge on any atom is -0.439 e. The Balaban J connectivity index is 1.34. The van der Waals surface area contributed by atoms with Gasteiger partial charge in [-0.05, 0) is 37.1 Å². The Morgan fingerprint density at radius 2 is 1.68 bits per heavy atom. The van der Waals surface area contributed by atoms with E-state index < -0.39 is 0 Å². The number of Topliss-reactive ketones (excluding diaryl/α,β-unsaturated/α-hetero) is 1. The molecule has 0 radical (unpaired) electrons. The third kappa shape index (κ3) is 5.08. The van der Waals surface area contributed by atoms with Crippen LogP contribution in [0.15, 0.2) is 59.4 Å². The van der Waals surface area contributed by atoms with Crippen LogP contribution in [0.4, 0.5) is 0 Å². The summed E-state index contributed by atoms with van der Waals surface area (Å²) in [5, 5.41) is 0. The van der Waals surface area contributed by atoms with Gasteiger partial charge in [0.15, 0.2) is 17.4 Å². The predicted molar refractivity (Wildman–Crippen MR) is 95.1 cm³/mol. The van der Waals surface area contributed by atoms with Crippen LogP contribution in [-0.4, -0.2) is 20.7 Å². The Bertz CT molecular complexity index is 785. The lowest BCUT2D eigenvalue weighted by Crippen LogP contribution is -2.01. The molecule has 0 aliphatic heterocycles. The van der Waals surface area contributed by atoms with Crippen LogP contribution in [-0.2, 0) is 6.42 Å². The van der Waals surface area contributed by atoms with Crippen molar-refractivity contribution < 1.29 is 9.21 Å². The molecule has 3 aromatic heterocycles. The molecule has 0 aliphatic carbocycles. The van der Waals surface area contributed by atoms with Crippen LogP contribution < -0.4 is 0 Å². The number of carbonyl (C=O) groups excluding carboxylic acids is 1. The lowest BCUT2D eigenvalue weighted by atomic mass is 10.1. The lowest BCUT2D eigenvalue weighted by molar-refractivity contribution is 0.0974. The van der Waals surface area contributed by atoms with Crippen molar-refractivity contribution in [3.8, 4) is 11.5 Å². The normalized spacial score (nSPS) is 10.7. The van der Waals surface area contributed by atoms with Crippen molar-refractivity contribution in [2.45, 2.75) is 38.5 Å². The van der Waals surface area contributed by atoms with E-state index >= 15 is 0 Å². The highest BCUT2D eigenvalue weighted by atomic mass is 16.4. The summed E-state index contributed by atoms with van der Waals surface area (Å²) < 4.78 is 5.74. The van der Waals surface area contributed by atoms with E-state index in [-0.39, 0.29) is 5.78 Å². The largest absolute Gasteiger partial charge is 0.439 e. The predicted octanol–water partition coefficient (Wildman–Crippen LogP) is 4.51. The third-order valence-electron chi connectivity index (χ3n) is 3.97. The Morgan fingerprint density at radius 3 is 2.44 bits per heavy atom. The lowest BCUT2D eigenvalue weighted by Gasteiger charge is -2.01. The van der Waals surface area contributed by atoms with Crippen molar-refractivity contribution in [2.75, 3.05) is 0 Å². The number of aromatic nitrogens is 3. The summed E-state index contributed by atoms with van der Waals surface area (Å²) in [4.78, 5) is 24.6. The molecule has 0 aromatic carbocycles. The van der Waals surface area contributed by atoms with E-state index in [4.69, 9.17) is 4.42 Å². The van der Waals surface area contributed by atoms with Gasteiger partial charge in [0.25, 0.3) is 0 Å². The summed E-state index contributed by atoms with van der Waals surface area (Å²) in [5.41, 5.74) is 1.36. The van der Waals surface area contributed by atoms with Gasteiger partial charge in [0.1, 0.15) is 11.4 Å². The molecule has 0 aliphatic rings. The van der Waals surface area contributed by atoms with Crippen molar-refractivity contribution in [3.63, 3.8) is 0 Å². The number of rotatable bonds is 9. The van der Waals surface area contributed by atoms with Crippen molar-refractivity contribution in [1.82, 2.24) is 15.0 Å². The molecule has 0 atom stereocenters. The maximum atomic E-state index is 11.9. The zero-order valence-electron chi connectivity index (χ0n) is 14.1. The molecule has 128 valence electrons. The van der Waals surface area contributed by atoms with Crippen LogP contribution in [0.1, 0.15) is 48.5 Å². The van der Waals surface area contributed by atoms with Crippen molar-refractivity contribution >= 4 is 5.78 Å². The van der Waals surface area contributed by atoms with E-state index in [1.165, 1.54) is 0 Å². The van der Waals surface area contributed by atoms with E-state index in [0.717, 1.165) is 43.7 Å². The Kier molecular flexibility index (Phi) is 6.04. The van der Waals surface area contributed by atoms with Gasteiger partial charge in [-0.25, -0.2) is 4.98 Å². The van der Waals surface area contributed by atoms with Crippen molar-refractivity contribution in [3.05, 3.63) is 66.6 Å². The number of nitrogens with zero attached hydrogens (tertiary/aromatic N) is 3. The number of carbonyl (C=O) groups is 1. The molecule has 0 saturated carbocycles. The van der Waals surface area contributed by atoms with E-state index in [1.807, 2.05) is 30.3 Å². The average Bonchev–Trinajstić information content (AvgIpc) is 3.15. The fraction of sp³-hybridized carbons (Fsp3) is 0.300. The Morgan fingerprint density at radius 1 is 0.880 bits per heavy atom. The number of oxazole rings is 1.